The summed E-state index contributed by atoms with van der Waals surface area (Å²) >= 11 is 6.73. The number of ether oxygens (including phenoxy) is 2. The average molecular weight is 579 g/mol. The van der Waals surface area contributed by atoms with Crippen LogP contribution in [-0.4, -0.2) is 11.9 Å². The SMILES string of the molecule is O=C(Oc1cc2c(cc1OC(=O)c1ccc(Br)cc1)-c1ccccc1NC2)c1cccc(Br)c1. The van der Waals surface area contributed by atoms with E-state index in [-0.39, 0.29) is 11.5 Å². The fraction of sp³-hybridized carbons (Fsp3) is 0.0370. The number of benzene rings is 4. The molecule has 0 bridgehead atoms. The molecular formula is C27H17Br2NO4. The second-order valence-corrected chi connectivity index (χ2v) is 9.48. The molecule has 7 heteroatoms. The van der Waals surface area contributed by atoms with E-state index in [9.17, 15) is 9.59 Å². The van der Waals surface area contributed by atoms with Crippen molar-refractivity contribution in [2.24, 2.45) is 0 Å². The summed E-state index contributed by atoms with van der Waals surface area (Å²) in [6.45, 7) is 0.550. The van der Waals surface area contributed by atoms with Gasteiger partial charge in [-0.1, -0.05) is 56.1 Å². The summed E-state index contributed by atoms with van der Waals surface area (Å²) in [5.41, 5.74) is 4.57. The van der Waals surface area contributed by atoms with Crippen LogP contribution in [0.15, 0.2) is 93.9 Å². The van der Waals surface area contributed by atoms with E-state index in [4.69, 9.17) is 9.47 Å². The second kappa shape index (κ2) is 9.44. The Kier molecular flexibility index (Phi) is 6.22. The Morgan fingerprint density at radius 1 is 0.676 bits per heavy atom. The van der Waals surface area contributed by atoms with Crippen molar-refractivity contribution in [3.8, 4) is 22.6 Å². The van der Waals surface area contributed by atoms with Crippen LogP contribution in [0.4, 0.5) is 5.69 Å². The summed E-state index contributed by atoms with van der Waals surface area (Å²) in [7, 11) is 0. The van der Waals surface area contributed by atoms with Crippen LogP contribution in [0, 0.1) is 0 Å². The van der Waals surface area contributed by atoms with Crippen molar-refractivity contribution >= 4 is 49.5 Å². The molecule has 0 aliphatic carbocycles. The number of carbonyl (C=O) groups excluding carboxylic acids is 2. The molecule has 0 radical (unpaired) electrons. The van der Waals surface area contributed by atoms with Gasteiger partial charge in [-0.15, -0.1) is 0 Å². The summed E-state index contributed by atoms with van der Waals surface area (Å²) < 4.78 is 13.1. The van der Waals surface area contributed by atoms with E-state index in [1.807, 2.05) is 30.3 Å². The highest BCUT2D eigenvalue weighted by Gasteiger charge is 2.23. The summed E-state index contributed by atoms with van der Waals surface area (Å²) in [5.74, 6) is -0.747. The van der Waals surface area contributed by atoms with E-state index in [1.165, 1.54) is 0 Å². The van der Waals surface area contributed by atoms with E-state index >= 15 is 0 Å². The smallest absolute Gasteiger partial charge is 0.343 e. The average Bonchev–Trinajstić information content (AvgIpc) is 2.84. The summed E-state index contributed by atoms with van der Waals surface area (Å²) in [4.78, 5) is 25.8. The lowest BCUT2D eigenvalue weighted by molar-refractivity contribution is 0.0682. The number of nitrogens with one attached hydrogen (secondary N) is 1. The molecule has 0 amide bonds. The van der Waals surface area contributed by atoms with Gasteiger partial charge in [0.1, 0.15) is 0 Å². The van der Waals surface area contributed by atoms with E-state index in [1.54, 1.807) is 54.6 Å². The van der Waals surface area contributed by atoms with Crippen molar-refractivity contribution in [3.05, 3.63) is 111 Å². The number of esters is 2. The Bertz CT molecular complexity index is 1420. The molecule has 1 aliphatic heterocycles. The maximum Gasteiger partial charge on any atom is 0.343 e. The van der Waals surface area contributed by atoms with Crippen LogP contribution in [-0.2, 0) is 6.54 Å². The van der Waals surface area contributed by atoms with Gasteiger partial charge >= 0.3 is 11.9 Å². The molecule has 0 aromatic heterocycles. The van der Waals surface area contributed by atoms with Crippen molar-refractivity contribution in [2.75, 3.05) is 5.32 Å². The molecule has 5 nitrogen and oxygen atoms in total. The van der Waals surface area contributed by atoms with Crippen molar-refractivity contribution in [2.45, 2.75) is 6.54 Å². The number of para-hydroxylation sites is 1. The van der Waals surface area contributed by atoms with E-state index in [0.29, 0.717) is 17.7 Å². The predicted octanol–water partition coefficient (Wildman–Crippen LogP) is 7.24. The van der Waals surface area contributed by atoms with Crippen LogP contribution < -0.4 is 14.8 Å². The lowest BCUT2D eigenvalue weighted by Crippen LogP contribution is -2.15. The van der Waals surface area contributed by atoms with Gasteiger partial charge in [-0.05, 0) is 71.8 Å². The van der Waals surface area contributed by atoms with Gasteiger partial charge < -0.3 is 14.8 Å². The Balaban J connectivity index is 1.55. The number of anilines is 1. The first-order valence-electron chi connectivity index (χ1n) is 10.4. The fourth-order valence-corrected chi connectivity index (χ4v) is 4.40. The van der Waals surface area contributed by atoms with Crippen molar-refractivity contribution in [1.82, 2.24) is 0 Å². The highest BCUT2D eigenvalue weighted by Crippen LogP contribution is 2.42. The maximum atomic E-state index is 12.9. The van der Waals surface area contributed by atoms with Crippen LogP contribution in [0.2, 0.25) is 0 Å². The molecule has 0 saturated carbocycles. The minimum atomic E-state index is -0.550. The zero-order valence-corrected chi connectivity index (χ0v) is 20.9. The minimum Gasteiger partial charge on any atom is -0.419 e. The zero-order chi connectivity index (χ0) is 23.7. The van der Waals surface area contributed by atoms with Crippen molar-refractivity contribution in [3.63, 3.8) is 0 Å². The number of hydrogen-bond donors (Lipinski definition) is 1. The molecule has 0 spiro atoms. The first-order chi connectivity index (χ1) is 16.5. The lowest BCUT2D eigenvalue weighted by Gasteiger charge is -2.23. The molecule has 1 aliphatic rings. The highest BCUT2D eigenvalue weighted by atomic mass is 79.9. The minimum absolute atomic E-state index is 0.173. The second-order valence-electron chi connectivity index (χ2n) is 7.65. The summed E-state index contributed by atoms with van der Waals surface area (Å²) in [6.07, 6.45) is 0. The first-order valence-corrected chi connectivity index (χ1v) is 12.0. The van der Waals surface area contributed by atoms with Crippen molar-refractivity contribution in [1.29, 1.82) is 0 Å². The third kappa shape index (κ3) is 4.62. The number of rotatable bonds is 4. The van der Waals surface area contributed by atoms with Gasteiger partial charge in [-0.2, -0.15) is 0 Å². The number of fused-ring (bicyclic) bond motifs is 3. The monoisotopic (exact) mass is 577 g/mol. The molecule has 0 atom stereocenters. The Hall–Kier alpha value is -3.42. The third-order valence-corrected chi connectivity index (χ3v) is 6.42. The molecule has 4 aromatic rings. The highest BCUT2D eigenvalue weighted by molar-refractivity contribution is 9.10. The van der Waals surface area contributed by atoms with E-state index in [2.05, 4.69) is 37.2 Å². The van der Waals surface area contributed by atoms with Gasteiger partial charge in [-0.25, -0.2) is 9.59 Å². The number of halogens is 2. The molecule has 34 heavy (non-hydrogen) atoms. The third-order valence-electron chi connectivity index (χ3n) is 5.40. The molecule has 0 saturated heterocycles. The molecule has 0 fully saturated rings. The molecular weight excluding hydrogens is 562 g/mol. The summed E-state index contributed by atoms with van der Waals surface area (Å²) in [6, 6.07) is 25.2. The lowest BCUT2D eigenvalue weighted by atomic mass is 9.94. The van der Waals surface area contributed by atoms with Crippen LogP contribution in [0.25, 0.3) is 11.1 Å². The maximum absolute atomic E-state index is 12.9. The Morgan fingerprint density at radius 2 is 1.38 bits per heavy atom. The van der Waals surface area contributed by atoms with Crippen LogP contribution in [0.5, 0.6) is 11.5 Å². The van der Waals surface area contributed by atoms with Crippen molar-refractivity contribution < 1.29 is 19.1 Å². The number of carbonyl (C=O) groups is 2. The van der Waals surface area contributed by atoms with Gasteiger partial charge in [0.15, 0.2) is 11.5 Å². The van der Waals surface area contributed by atoms with Gasteiger partial charge in [-0.3, -0.25) is 0 Å². The Morgan fingerprint density at radius 3 is 2.15 bits per heavy atom. The van der Waals surface area contributed by atoms with E-state index in [0.717, 1.165) is 31.3 Å². The van der Waals surface area contributed by atoms with Gasteiger partial charge in [0.05, 0.1) is 11.1 Å². The molecule has 168 valence electrons. The van der Waals surface area contributed by atoms with Gasteiger partial charge in [0.25, 0.3) is 0 Å². The molecule has 1 heterocycles. The fourth-order valence-electron chi connectivity index (χ4n) is 3.74. The van der Waals surface area contributed by atoms with Crippen LogP contribution >= 0.6 is 31.9 Å². The quantitative estimate of drug-likeness (QED) is 0.204. The molecule has 4 aromatic carbocycles. The predicted molar refractivity (Wildman–Crippen MR) is 137 cm³/mol. The largest absolute Gasteiger partial charge is 0.419 e. The number of hydrogen-bond acceptors (Lipinski definition) is 5. The zero-order valence-electron chi connectivity index (χ0n) is 17.7. The normalized spacial score (nSPS) is 11.6. The molecule has 5 rings (SSSR count). The van der Waals surface area contributed by atoms with Gasteiger partial charge in [0, 0.05) is 26.7 Å². The topological polar surface area (TPSA) is 64.6 Å². The Labute approximate surface area is 213 Å². The first kappa shape index (κ1) is 22.4. The molecule has 1 N–H and O–H groups in total. The standard InChI is InChI=1S/C27H17Br2NO4/c28-19-10-8-16(9-11-19)26(31)34-25-14-22-18(15-30-23-7-2-1-6-21(22)23)13-24(25)33-27(32)17-4-3-5-20(29)12-17/h1-14,30H,15H2. The van der Waals surface area contributed by atoms with Gasteiger partial charge in [0.2, 0.25) is 0 Å². The van der Waals surface area contributed by atoms with E-state index < -0.39 is 11.9 Å². The molecule has 0 unspecified atom stereocenters. The summed E-state index contributed by atoms with van der Waals surface area (Å²) in [5, 5.41) is 3.37. The van der Waals surface area contributed by atoms with Crippen LogP contribution in [0.1, 0.15) is 26.3 Å². The van der Waals surface area contributed by atoms with Crippen LogP contribution in [0.3, 0.4) is 0 Å².